The van der Waals surface area contributed by atoms with Crippen LogP contribution in [0.4, 0.5) is 5.69 Å². The third kappa shape index (κ3) is 1.26. The van der Waals surface area contributed by atoms with Crippen LogP contribution in [-0.4, -0.2) is 20.1 Å². The van der Waals surface area contributed by atoms with Crippen molar-refractivity contribution in [1.29, 1.82) is 0 Å². The minimum atomic E-state index is -0.427. The van der Waals surface area contributed by atoms with E-state index in [2.05, 4.69) is 15.2 Å². The highest BCUT2D eigenvalue weighted by Gasteiger charge is 2.25. The van der Waals surface area contributed by atoms with E-state index in [0.717, 1.165) is 23.9 Å². The second-order valence-electron chi connectivity index (χ2n) is 4.08. The van der Waals surface area contributed by atoms with Crippen LogP contribution in [0.5, 0.6) is 0 Å². The van der Waals surface area contributed by atoms with Gasteiger partial charge in [-0.3, -0.25) is 15.2 Å². The van der Waals surface area contributed by atoms with E-state index in [4.69, 9.17) is 0 Å². The van der Waals surface area contributed by atoms with Crippen LogP contribution in [0.25, 0.3) is 11.0 Å². The van der Waals surface area contributed by atoms with Crippen molar-refractivity contribution in [2.45, 2.75) is 25.2 Å². The van der Waals surface area contributed by atoms with Gasteiger partial charge in [0.1, 0.15) is 6.20 Å². The van der Waals surface area contributed by atoms with Crippen molar-refractivity contribution < 1.29 is 4.92 Å². The van der Waals surface area contributed by atoms with Gasteiger partial charge < -0.3 is 0 Å². The van der Waals surface area contributed by atoms with Crippen molar-refractivity contribution in [3.05, 3.63) is 28.1 Å². The van der Waals surface area contributed by atoms with E-state index in [1.54, 1.807) is 6.07 Å². The summed E-state index contributed by atoms with van der Waals surface area (Å²) < 4.78 is 0. The number of aromatic nitrogens is 3. The van der Waals surface area contributed by atoms with Gasteiger partial charge in [0.2, 0.25) is 0 Å². The third-order valence-electron chi connectivity index (χ3n) is 3.13. The summed E-state index contributed by atoms with van der Waals surface area (Å²) in [6, 6.07) is 1.56. The molecule has 6 nitrogen and oxygen atoms in total. The van der Waals surface area contributed by atoms with E-state index in [9.17, 15) is 10.1 Å². The number of fused-ring (bicyclic) bond motifs is 1. The SMILES string of the molecule is O=[N+]([O-])c1cnc2[nH]nc(C3CCC3)c2c1. The molecule has 2 aromatic heterocycles. The Labute approximate surface area is 90.8 Å². The molecule has 2 heterocycles. The Bertz CT molecular complexity index is 559. The Morgan fingerprint density at radius 1 is 1.50 bits per heavy atom. The van der Waals surface area contributed by atoms with Crippen molar-refractivity contribution in [2.75, 3.05) is 0 Å². The minimum Gasteiger partial charge on any atom is -0.261 e. The normalized spacial score (nSPS) is 16.2. The lowest BCUT2D eigenvalue weighted by molar-refractivity contribution is -0.385. The fourth-order valence-electron chi connectivity index (χ4n) is 2.00. The van der Waals surface area contributed by atoms with E-state index in [0.29, 0.717) is 11.6 Å². The fourth-order valence-corrected chi connectivity index (χ4v) is 2.00. The average Bonchev–Trinajstić information content (AvgIpc) is 2.59. The maximum Gasteiger partial charge on any atom is 0.288 e. The first-order chi connectivity index (χ1) is 7.75. The molecule has 0 aromatic carbocycles. The zero-order valence-electron chi connectivity index (χ0n) is 8.51. The summed E-state index contributed by atoms with van der Waals surface area (Å²) in [7, 11) is 0. The standard InChI is InChI=1S/C10H10N4O2/c15-14(16)7-4-8-9(6-2-1-3-6)12-13-10(8)11-5-7/h4-6H,1-3H2,(H,11,12,13). The molecule has 1 fully saturated rings. The van der Waals surface area contributed by atoms with Crippen molar-refractivity contribution in [2.24, 2.45) is 0 Å². The number of nitrogens with zero attached hydrogens (tertiary/aromatic N) is 3. The molecule has 0 amide bonds. The van der Waals surface area contributed by atoms with Crippen LogP contribution in [0.2, 0.25) is 0 Å². The first-order valence-electron chi connectivity index (χ1n) is 5.24. The molecule has 1 N–H and O–H groups in total. The number of hydrogen-bond acceptors (Lipinski definition) is 4. The minimum absolute atomic E-state index is 0.0227. The number of aromatic amines is 1. The second kappa shape index (κ2) is 3.26. The highest BCUT2D eigenvalue weighted by atomic mass is 16.6. The third-order valence-corrected chi connectivity index (χ3v) is 3.13. The van der Waals surface area contributed by atoms with Gasteiger partial charge in [0.25, 0.3) is 5.69 Å². The number of nitro groups is 1. The highest BCUT2D eigenvalue weighted by Crippen LogP contribution is 2.38. The molecule has 0 bridgehead atoms. The lowest BCUT2D eigenvalue weighted by Gasteiger charge is -2.23. The van der Waals surface area contributed by atoms with Crippen molar-refractivity contribution in [3.63, 3.8) is 0 Å². The van der Waals surface area contributed by atoms with E-state index in [1.807, 2.05) is 0 Å². The van der Waals surface area contributed by atoms with Gasteiger partial charge in [-0.15, -0.1) is 0 Å². The van der Waals surface area contributed by atoms with Crippen LogP contribution in [-0.2, 0) is 0 Å². The number of nitrogens with one attached hydrogen (secondary N) is 1. The molecule has 0 radical (unpaired) electrons. The molecule has 0 saturated heterocycles. The summed E-state index contributed by atoms with van der Waals surface area (Å²) in [4.78, 5) is 14.2. The van der Waals surface area contributed by atoms with Gasteiger partial charge in [-0.05, 0) is 12.8 Å². The number of rotatable bonds is 2. The first kappa shape index (κ1) is 9.26. The molecule has 6 heteroatoms. The highest BCUT2D eigenvalue weighted by molar-refractivity contribution is 5.80. The summed E-state index contributed by atoms with van der Waals surface area (Å²) in [6.45, 7) is 0. The van der Waals surface area contributed by atoms with Gasteiger partial charge in [0, 0.05) is 17.4 Å². The Morgan fingerprint density at radius 3 is 2.94 bits per heavy atom. The molecule has 16 heavy (non-hydrogen) atoms. The second-order valence-corrected chi connectivity index (χ2v) is 4.08. The smallest absolute Gasteiger partial charge is 0.261 e. The molecule has 3 rings (SSSR count). The molecule has 0 atom stereocenters. The summed E-state index contributed by atoms with van der Waals surface area (Å²) in [5.41, 5.74) is 1.58. The van der Waals surface area contributed by atoms with Crippen LogP contribution in [0.3, 0.4) is 0 Å². The van der Waals surface area contributed by atoms with Crippen molar-refractivity contribution in [1.82, 2.24) is 15.2 Å². The van der Waals surface area contributed by atoms with Crippen molar-refractivity contribution >= 4 is 16.7 Å². The zero-order valence-corrected chi connectivity index (χ0v) is 8.51. The first-order valence-corrected chi connectivity index (χ1v) is 5.24. The van der Waals surface area contributed by atoms with Gasteiger partial charge in [-0.2, -0.15) is 5.10 Å². The van der Waals surface area contributed by atoms with Gasteiger partial charge in [-0.25, -0.2) is 4.98 Å². The van der Waals surface area contributed by atoms with E-state index in [1.165, 1.54) is 12.6 Å². The predicted molar refractivity (Wildman–Crippen MR) is 57.1 cm³/mol. The molecule has 0 unspecified atom stereocenters. The van der Waals surface area contributed by atoms with E-state index in [-0.39, 0.29) is 5.69 Å². The maximum atomic E-state index is 10.7. The van der Waals surface area contributed by atoms with Crippen LogP contribution in [0.15, 0.2) is 12.3 Å². The largest absolute Gasteiger partial charge is 0.288 e. The molecule has 2 aromatic rings. The average molecular weight is 218 g/mol. The summed E-state index contributed by atoms with van der Waals surface area (Å²) >= 11 is 0. The van der Waals surface area contributed by atoms with E-state index < -0.39 is 4.92 Å². The van der Waals surface area contributed by atoms with Gasteiger partial charge in [-0.1, -0.05) is 6.42 Å². The Hall–Kier alpha value is -1.98. The number of hydrogen-bond donors (Lipinski definition) is 1. The maximum absolute atomic E-state index is 10.7. The molecule has 82 valence electrons. The van der Waals surface area contributed by atoms with Crippen LogP contribution < -0.4 is 0 Å². The van der Waals surface area contributed by atoms with Gasteiger partial charge in [0.05, 0.1) is 10.6 Å². The number of pyridine rings is 1. The molecular formula is C10H10N4O2. The Kier molecular flexibility index (Phi) is 1.89. The zero-order chi connectivity index (χ0) is 11.1. The van der Waals surface area contributed by atoms with Crippen molar-refractivity contribution in [3.8, 4) is 0 Å². The molecular weight excluding hydrogens is 208 g/mol. The summed E-state index contributed by atoms with van der Waals surface area (Å²) in [5.74, 6) is 0.442. The summed E-state index contributed by atoms with van der Waals surface area (Å²) in [5, 5.41) is 18.5. The summed E-state index contributed by atoms with van der Waals surface area (Å²) in [6.07, 6.45) is 4.69. The van der Waals surface area contributed by atoms with Crippen LogP contribution in [0, 0.1) is 10.1 Å². The van der Waals surface area contributed by atoms with Gasteiger partial charge in [0.15, 0.2) is 5.65 Å². The molecule has 1 aliphatic rings. The van der Waals surface area contributed by atoms with Crippen LogP contribution in [0.1, 0.15) is 30.9 Å². The number of H-pyrrole nitrogens is 1. The van der Waals surface area contributed by atoms with E-state index >= 15 is 0 Å². The molecule has 1 aliphatic carbocycles. The monoisotopic (exact) mass is 218 g/mol. The lowest BCUT2D eigenvalue weighted by atomic mass is 9.82. The topological polar surface area (TPSA) is 84.7 Å². The lowest BCUT2D eigenvalue weighted by Crippen LogP contribution is -2.09. The Balaban J connectivity index is 2.15. The predicted octanol–water partition coefficient (Wildman–Crippen LogP) is 2.13. The molecule has 0 spiro atoms. The Morgan fingerprint density at radius 2 is 2.31 bits per heavy atom. The van der Waals surface area contributed by atoms with Crippen LogP contribution >= 0.6 is 0 Å². The molecule has 1 saturated carbocycles. The molecule has 0 aliphatic heterocycles. The quantitative estimate of drug-likeness (QED) is 0.618. The fraction of sp³-hybridized carbons (Fsp3) is 0.400. The van der Waals surface area contributed by atoms with Gasteiger partial charge >= 0.3 is 0 Å².